The molecule has 0 aromatic heterocycles. The number of urea groups is 1. The maximum Gasteiger partial charge on any atom is 0.317 e. The Hall–Kier alpha value is -0.810. The molecular weight excluding hydrogens is 206 g/mol. The lowest BCUT2D eigenvalue weighted by Gasteiger charge is -2.50. The molecule has 0 aliphatic carbocycles. The van der Waals surface area contributed by atoms with Crippen LogP contribution >= 0.6 is 0 Å². The molecule has 0 spiro atoms. The van der Waals surface area contributed by atoms with Crippen molar-refractivity contribution in [2.75, 3.05) is 26.3 Å². The van der Waals surface area contributed by atoms with Crippen LogP contribution < -0.4 is 11.1 Å². The lowest BCUT2D eigenvalue weighted by Crippen LogP contribution is -2.72. The minimum Gasteiger partial charge on any atom is -0.379 e. The van der Waals surface area contributed by atoms with Gasteiger partial charge in [0.1, 0.15) is 0 Å². The van der Waals surface area contributed by atoms with Gasteiger partial charge in [-0.15, -0.1) is 0 Å². The molecule has 2 fully saturated rings. The molecule has 2 saturated heterocycles. The largest absolute Gasteiger partial charge is 0.379 e. The number of nitrogens with two attached hydrogens (primary N) is 1. The van der Waals surface area contributed by atoms with E-state index in [1.54, 1.807) is 4.90 Å². The van der Waals surface area contributed by atoms with E-state index >= 15 is 0 Å². The number of likely N-dealkylation sites (tertiary alicyclic amines) is 1. The van der Waals surface area contributed by atoms with Crippen molar-refractivity contribution in [3.8, 4) is 0 Å². The minimum absolute atomic E-state index is 0.00257. The number of nitrogens with zero attached hydrogens (tertiary/aromatic N) is 1. The van der Waals surface area contributed by atoms with Gasteiger partial charge >= 0.3 is 6.03 Å². The fourth-order valence-corrected chi connectivity index (χ4v) is 2.09. The van der Waals surface area contributed by atoms with Crippen LogP contribution in [-0.4, -0.2) is 48.8 Å². The topological polar surface area (TPSA) is 67.6 Å². The molecule has 0 saturated carbocycles. The second-order valence-electron chi connectivity index (χ2n) is 5.25. The average molecular weight is 227 g/mol. The van der Waals surface area contributed by atoms with Gasteiger partial charge in [0.05, 0.1) is 18.2 Å². The van der Waals surface area contributed by atoms with Gasteiger partial charge in [0.2, 0.25) is 0 Å². The van der Waals surface area contributed by atoms with E-state index in [2.05, 4.69) is 19.2 Å². The molecule has 2 rings (SSSR count). The van der Waals surface area contributed by atoms with Crippen molar-refractivity contribution < 1.29 is 9.53 Å². The highest BCUT2D eigenvalue weighted by Crippen LogP contribution is 2.26. The maximum atomic E-state index is 11.8. The van der Waals surface area contributed by atoms with Gasteiger partial charge in [0.15, 0.2) is 0 Å². The molecule has 0 aromatic carbocycles. The van der Waals surface area contributed by atoms with Crippen molar-refractivity contribution in [2.24, 2.45) is 11.7 Å². The Bertz CT molecular complexity index is 268. The normalized spacial score (nSPS) is 28.0. The molecule has 3 N–H and O–H groups in total. The van der Waals surface area contributed by atoms with Crippen LogP contribution in [0.4, 0.5) is 4.79 Å². The highest BCUT2D eigenvalue weighted by atomic mass is 16.5. The van der Waals surface area contributed by atoms with Crippen molar-refractivity contribution in [3.63, 3.8) is 0 Å². The maximum absolute atomic E-state index is 11.8. The van der Waals surface area contributed by atoms with E-state index in [-0.39, 0.29) is 17.6 Å². The van der Waals surface area contributed by atoms with Gasteiger partial charge in [0.25, 0.3) is 0 Å². The van der Waals surface area contributed by atoms with Gasteiger partial charge in [-0.1, -0.05) is 13.8 Å². The van der Waals surface area contributed by atoms with Crippen LogP contribution in [0.5, 0.6) is 0 Å². The van der Waals surface area contributed by atoms with Crippen LogP contribution in [0.15, 0.2) is 0 Å². The summed E-state index contributed by atoms with van der Waals surface area (Å²) in [5, 5.41) is 2.96. The smallest absolute Gasteiger partial charge is 0.317 e. The molecule has 0 aromatic rings. The predicted octanol–water partition coefficient (Wildman–Crippen LogP) is 0.154. The molecule has 1 unspecified atom stereocenters. The second-order valence-corrected chi connectivity index (χ2v) is 5.25. The molecule has 16 heavy (non-hydrogen) atoms. The van der Waals surface area contributed by atoms with E-state index in [9.17, 15) is 4.79 Å². The fourth-order valence-electron chi connectivity index (χ4n) is 2.09. The second kappa shape index (κ2) is 4.22. The molecular formula is C11H21N3O2. The molecule has 92 valence electrons. The van der Waals surface area contributed by atoms with Crippen LogP contribution in [0.3, 0.4) is 0 Å². The lowest BCUT2D eigenvalue weighted by atomic mass is 9.80. The van der Waals surface area contributed by atoms with Crippen LogP contribution in [0.2, 0.25) is 0 Å². The SMILES string of the molecule is CC(C)C1(N)CN(C(=O)NC2CCOC2)C1. The third-order valence-corrected chi connectivity index (χ3v) is 3.66. The summed E-state index contributed by atoms with van der Waals surface area (Å²) in [5.74, 6) is 0.409. The van der Waals surface area contributed by atoms with Gasteiger partial charge in [-0.2, -0.15) is 0 Å². The number of nitrogens with one attached hydrogen (secondary N) is 1. The van der Waals surface area contributed by atoms with Crippen LogP contribution in [0, 0.1) is 5.92 Å². The monoisotopic (exact) mass is 227 g/mol. The Morgan fingerprint density at radius 2 is 2.25 bits per heavy atom. The number of carbonyl (C=O) groups is 1. The zero-order chi connectivity index (χ0) is 11.8. The third kappa shape index (κ3) is 2.15. The molecule has 0 radical (unpaired) electrons. The summed E-state index contributed by atoms with van der Waals surface area (Å²) in [7, 11) is 0. The van der Waals surface area contributed by atoms with E-state index in [1.165, 1.54) is 0 Å². The highest BCUT2D eigenvalue weighted by Gasteiger charge is 2.44. The quantitative estimate of drug-likeness (QED) is 0.706. The number of ether oxygens (including phenoxy) is 1. The molecule has 2 amide bonds. The van der Waals surface area contributed by atoms with Gasteiger partial charge < -0.3 is 20.7 Å². The summed E-state index contributed by atoms with van der Waals surface area (Å²) >= 11 is 0. The first-order valence-electron chi connectivity index (χ1n) is 5.93. The van der Waals surface area contributed by atoms with Crippen LogP contribution in [0.1, 0.15) is 20.3 Å². The lowest BCUT2D eigenvalue weighted by molar-refractivity contribution is 0.0637. The minimum atomic E-state index is -0.191. The van der Waals surface area contributed by atoms with Crippen molar-refractivity contribution >= 4 is 6.03 Å². The first-order chi connectivity index (χ1) is 7.51. The van der Waals surface area contributed by atoms with Crippen molar-refractivity contribution in [1.29, 1.82) is 0 Å². The van der Waals surface area contributed by atoms with Gasteiger partial charge in [0, 0.05) is 19.7 Å². The number of hydrogen-bond donors (Lipinski definition) is 2. The molecule has 5 nitrogen and oxygen atoms in total. The van der Waals surface area contributed by atoms with Crippen molar-refractivity contribution in [1.82, 2.24) is 10.2 Å². The number of amides is 2. The van der Waals surface area contributed by atoms with E-state index < -0.39 is 0 Å². The van der Waals surface area contributed by atoms with E-state index in [0.29, 0.717) is 25.6 Å². The Morgan fingerprint density at radius 3 is 2.75 bits per heavy atom. The fraction of sp³-hybridized carbons (Fsp3) is 0.909. The number of carbonyl (C=O) groups excluding carboxylic acids is 1. The molecule has 2 heterocycles. The zero-order valence-electron chi connectivity index (χ0n) is 10.0. The summed E-state index contributed by atoms with van der Waals surface area (Å²) in [4.78, 5) is 13.6. The highest BCUT2D eigenvalue weighted by molar-refractivity contribution is 5.76. The molecule has 2 aliphatic rings. The molecule has 5 heteroatoms. The van der Waals surface area contributed by atoms with Gasteiger partial charge in [-0.3, -0.25) is 0 Å². The summed E-state index contributed by atoms with van der Waals surface area (Å²) in [5.41, 5.74) is 5.94. The first kappa shape index (κ1) is 11.7. The van der Waals surface area contributed by atoms with Crippen molar-refractivity contribution in [3.05, 3.63) is 0 Å². The number of rotatable bonds is 2. The predicted molar refractivity (Wildman–Crippen MR) is 61.1 cm³/mol. The zero-order valence-corrected chi connectivity index (χ0v) is 10.0. The molecule has 0 bridgehead atoms. The Balaban J connectivity index is 1.76. The van der Waals surface area contributed by atoms with Gasteiger partial charge in [-0.25, -0.2) is 4.79 Å². The summed E-state index contributed by atoms with van der Waals surface area (Å²) in [6.07, 6.45) is 0.914. The van der Waals surface area contributed by atoms with E-state index in [1.807, 2.05) is 0 Å². The first-order valence-corrected chi connectivity index (χ1v) is 5.93. The van der Waals surface area contributed by atoms with Crippen LogP contribution in [0.25, 0.3) is 0 Å². The third-order valence-electron chi connectivity index (χ3n) is 3.66. The molecule has 1 atom stereocenters. The van der Waals surface area contributed by atoms with Crippen LogP contribution in [-0.2, 0) is 4.74 Å². The van der Waals surface area contributed by atoms with E-state index in [4.69, 9.17) is 10.5 Å². The average Bonchev–Trinajstić information content (AvgIpc) is 2.64. The summed E-state index contributed by atoms with van der Waals surface area (Å²) in [6, 6.07) is 0.177. The Labute approximate surface area is 96.3 Å². The van der Waals surface area contributed by atoms with Gasteiger partial charge in [-0.05, 0) is 12.3 Å². The summed E-state index contributed by atoms with van der Waals surface area (Å²) < 4.78 is 5.21. The number of hydrogen-bond acceptors (Lipinski definition) is 3. The Kier molecular flexibility index (Phi) is 3.08. The molecule has 2 aliphatic heterocycles. The Morgan fingerprint density at radius 1 is 1.56 bits per heavy atom. The van der Waals surface area contributed by atoms with E-state index in [0.717, 1.165) is 13.0 Å². The van der Waals surface area contributed by atoms with Crippen molar-refractivity contribution in [2.45, 2.75) is 31.8 Å². The summed E-state index contributed by atoms with van der Waals surface area (Å²) in [6.45, 7) is 6.89. The standard InChI is InChI=1S/C11H21N3O2/c1-8(2)11(12)6-14(7-11)10(15)13-9-3-4-16-5-9/h8-9H,3-7,12H2,1-2H3,(H,13,15).